The molecule has 0 aliphatic heterocycles. The van der Waals surface area contributed by atoms with Gasteiger partial charge in [-0.25, -0.2) is 4.57 Å². The Bertz CT molecular complexity index is 1220. The van der Waals surface area contributed by atoms with Gasteiger partial charge in [-0.1, -0.05) is 145 Å². The Morgan fingerprint density at radius 2 is 0.983 bits per heavy atom. The summed E-state index contributed by atoms with van der Waals surface area (Å²) in [7, 11) is 1.44. The van der Waals surface area contributed by atoms with Gasteiger partial charge < -0.3 is 18.9 Å². The van der Waals surface area contributed by atoms with E-state index in [0.717, 1.165) is 83.5 Å². The maximum atomic E-state index is 12.7. The van der Waals surface area contributed by atoms with E-state index < -0.39 is 26.5 Å². The zero-order valence-electron chi connectivity index (χ0n) is 37.5. The lowest BCUT2D eigenvalue weighted by molar-refractivity contribution is -0.870. The molecule has 0 heterocycles. The van der Waals surface area contributed by atoms with Gasteiger partial charge in [0.1, 0.15) is 19.8 Å². The average molecular weight is 835 g/mol. The number of carbonyl (C=O) groups excluding carboxylic acids is 2. The molecule has 1 N–H and O–H groups in total. The van der Waals surface area contributed by atoms with E-state index in [4.69, 9.17) is 18.5 Å². The quantitative estimate of drug-likeness (QED) is 0.0214. The maximum Gasteiger partial charge on any atom is 0.472 e. The third-order valence-corrected chi connectivity index (χ3v) is 10.2. The third kappa shape index (κ3) is 43.0. The molecule has 0 aliphatic rings. The number of hydrogen-bond acceptors (Lipinski definition) is 7. The topological polar surface area (TPSA) is 108 Å². The van der Waals surface area contributed by atoms with Crippen molar-refractivity contribution in [3.8, 4) is 0 Å². The third-order valence-electron chi connectivity index (χ3n) is 9.22. The lowest BCUT2D eigenvalue weighted by Gasteiger charge is -2.24. The second-order valence-electron chi connectivity index (χ2n) is 16.0. The number of carbonyl (C=O) groups is 2. The minimum absolute atomic E-state index is 0.0208. The van der Waals surface area contributed by atoms with Crippen molar-refractivity contribution < 1.29 is 42.1 Å². The highest BCUT2D eigenvalue weighted by molar-refractivity contribution is 7.47. The Balaban J connectivity index is 4.43. The fraction of sp³-hybridized carbons (Fsp3) is 0.708. The highest BCUT2D eigenvalue weighted by Crippen LogP contribution is 2.43. The van der Waals surface area contributed by atoms with Crippen LogP contribution < -0.4 is 0 Å². The van der Waals surface area contributed by atoms with Crippen LogP contribution in [0.2, 0.25) is 0 Å². The van der Waals surface area contributed by atoms with Crippen LogP contribution in [0.15, 0.2) is 72.9 Å². The van der Waals surface area contributed by atoms with Crippen LogP contribution in [0.1, 0.15) is 168 Å². The van der Waals surface area contributed by atoms with Gasteiger partial charge in [0, 0.05) is 12.8 Å². The van der Waals surface area contributed by atoms with Crippen molar-refractivity contribution in [2.75, 3.05) is 47.5 Å². The number of nitrogens with zero attached hydrogens (tertiary/aromatic N) is 1. The van der Waals surface area contributed by atoms with Gasteiger partial charge in [0.15, 0.2) is 6.10 Å². The standard InChI is InChI=1S/C48H84NO8P/c1-6-8-10-12-14-16-18-20-22-23-24-25-27-29-31-33-35-37-39-41-48(51)57-46(45-56-58(52,53)55-43-42-49(3,4)5)44-54-47(50)40-38-36-34-32-30-28-26-21-19-17-15-13-11-9-7-2/h8,10,14,16-17,19-20,22,24-25,29,31,46H,6-7,9,11-13,15,18,21,23,26-28,30,32-45H2,1-5H3/p+1/b10-8+,16-14+,19-17+,22-20+,25-24+,31-29+/t46-/m1/s1. The second kappa shape index (κ2) is 39.9. The summed E-state index contributed by atoms with van der Waals surface area (Å²) in [5.41, 5.74) is 0. The molecular weight excluding hydrogens is 750 g/mol. The molecule has 2 atom stereocenters. The molecule has 334 valence electrons. The molecule has 0 bridgehead atoms. The molecule has 0 saturated heterocycles. The van der Waals surface area contributed by atoms with Crippen molar-refractivity contribution in [2.24, 2.45) is 0 Å². The van der Waals surface area contributed by atoms with Gasteiger partial charge in [-0.2, -0.15) is 0 Å². The highest BCUT2D eigenvalue weighted by atomic mass is 31.2. The number of allylic oxidation sites excluding steroid dienone is 12. The predicted octanol–water partition coefficient (Wildman–Crippen LogP) is 13.0. The van der Waals surface area contributed by atoms with Crippen LogP contribution in [0.4, 0.5) is 0 Å². The van der Waals surface area contributed by atoms with Crippen LogP contribution in [0, 0.1) is 0 Å². The largest absolute Gasteiger partial charge is 0.472 e. The molecule has 0 spiro atoms. The number of phosphoric ester groups is 1. The van der Waals surface area contributed by atoms with Gasteiger partial charge in [0.25, 0.3) is 0 Å². The van der Waals surface area contributed by atoms with Gasteiger partial charge in [0.2, 0.25) is 0 Å². The van der Waals surface area contributed by atoms with Crippen LogP contribution in [0.5, 0.6) is 0 Å². The summed E-state index contributed by atoms with van der Waals surface area (Å²) >= 11 is 0. The molecule has 0 radical (unpaired) electrons. The number of rotatable bonds is 40. The fourth-order valence-corrected chi connectivity index (χ4v) is 6.42. The Hall–Kier alpha value is -2.55. The average Bonchev–Trinajstić information content (AvgIpc) is 3.17. The van der Waals surface area contributed by atoms with Crippen molar-refractivity contribution in [2.45, 2.75) is 174 Å². The Kier molecular flexibility index (Phi) is 38.1. The Labute approximate surface area is 355 Å². The van der Waals surface area contributed by atoms with E-state index in [2.05, 4.69) is 86.8 Å². The molecule has 10 heteroatoms. The molecule has 58 heavy (non-hydrogen) atoms. The predicted molar refractivity (Wildman–Crippen MR) is 242 cm³/mol. The second-order valence-corrected chi connectivity index (χ2v) is 17.5. The van der Waals surface area contributed by atoms with Crippen molar-refractivity contribution in [1.29, 1.82) is 0 Å². The van der Waals surface area contributed by atoms with Gasteiger partial charge in [0.05, 0.1) is 27.7 Å². The van der Waals surface area contributed by atoms with E-state index >= 15 is 0 Å². The smallest absolute Gasteiger partial charge is 0.462 e. The van der Waals surface area contributed by atoms with Crippen LogP contribution in [-0.4, -0.2) is 74.9 Å². The summed E-state index contributed by atoms with van der Waals surface area (Å²) in [4.78, 5) is 35.4. The lowest BCUT2D eigenvalue weighted by Crippen LogP contribution is -2.37. The summed E-state index contributed by atoms with van der Waals surface area (Å²) < 4.78 is 34.3. The van der Waals surface area contributed by atoms with Crippen molar-refractivity contribution in [1.82, 2.24) is 0 Å². The first-order chi connectivity index (χ1) is 28.0. The number of esters is 2. The first-order valence-electron chi connectivity index (χ1n) is 22.7. The molecular formula is C48H85NO8P+. The number of hydrogen-bond donors (Lipinski definition) is 1. The minimum atomic E-state index is -4.39. The van der Waals surface area contributed by atoms with Crippen LogP contribution in [-0.2, 0) is 32.7 Å². The molecule has 0 aromatic carbocycles. The molecule has 0 aromatic rings. The molecule has 0 fully saturated rings. The molecule has 9 nitrogen and oxygen atoms in total. The molecule has 0 saturated carbocycles. The normalized spacial score (nSPS) is 14.2. The number of ether oxygens (including phenoxy) is 2. The Morgan fingerprint density at radius 1 is 0.552 bits per heavy atom. The maximum absolute atomic E-state index is 12.7. The number of likely N-dealkylation sites (N-methyl/N-ethyl adjacent to an activating group) is 1. The lowest BCUT2D eigenvalue weighted by atomic mass is 10.1. The van der Waals surface area contributed by atoms with Crippen LogP contribution >= 0.6 is 7.82 Å². The van der Waals surface area contributed by atoms with Crippen molar-refractivity contribution in [3.05, 3.63) is 72.9 Å². The first kappa shape index (κ1) is 55.5. The highest BCUT2D eigenvalue weighted by Gasteiger charge is 2.27. The molecule has 1 unspecified atom stereocenters. The molecule has 0 rings (SSSR count). The van der Waals surface area contributed by atoms with Crippen LogP contribution in [0.3, 0.4) is 0 Å². The zero-order chi connectivity index (χ0) is 42.8. The summed E-state index contributed by atoms with van der Waals surface area (Å²) in [5.74, 6) is -0.847. The van der Waals surface area contributed by atoms with E-state index in [1.165, 1.54) is 51.4 Å². The minimum Gasteiger partial charge on any atom is -0.462 e. The van der Waals surface area contributed by atoms with Gasteiger partial charge in [-0.3, -0.25) is 18.6 Å². The number of phosphoric acid groups is 1. The Morgan fingerprint density at radius 3 is 1.50 bits per heavy atom. The summed E-state index contributed by atoms with van der Waals surface area (Å²) in [6.07, 6.45) is 49.5. The van der Waals surface area contributed by atoms with Gasteiger partial charge in [-0.15, -0.1) is 0 Å². The van der Waals surface area contributed by atoms with Crippen LogP contribution in [0.25, 0.3) is 0 Å². The summed E-state index contributed by atoms with van der Waals surface area (Å²) in [6, 6.07) is 0. The van der Waals surface area contributed by atoms with Gasteiger partial charge >= 0.3 is 19.8 Å². The summed E-state index contributed by atoms with van der Waals surface area (Å²) in [6.45, 7) is 4.24. The van der Waals surface area contributed by atoms with Crippen molar-refractivity contribution in [3.63, 3.8) is 0 Å². The van der Waals surface area contributed by atoms with Crippen molar-refractivity contribution >= 4 is 19.8 Å². The molecule has 0 aliphatic carbocycles. The fourth-order valence-electron chi connectivity index (χ4n) is 5.68. The number of quaternary nitrogens is 1. The molecule has 0 amide bonds. The van der Waals surface area contributed by atoms with E-state index in [1.54, 1.807) is 0 Å². The monoisotopic (exact) mass is 835 g/mol. The first-order valence-corrected chi connectivity index (χ1v) is 24.2. The SMILES string of the molecule is CC/C=C/C/C=C/C/C=C/C/C=C/C/C=C/CCCCCC(=O)O[C@H](COC(=O)CCCCCCCCC/C=C/CCCCCC)COP(=O)(O)OCC[N+](C)(C)C. The summed E-state index contributed by atoms with van der Waals surface area (Å²) in [5, 5.41) is 0. The van der Waals surface area contributed by atoms with E-state index in [0.29, 0.717) is 17.4 Å². The zero-order valence-corrected chi connectivity index (χ0v) is 38.4. The van der Waals surface area contributed by atoms with E-state index in [1.807, 2.05) is 21.1 Å². The molecule has 0 aromatic heterocycles. The van der Waals surface area contributed by atoms with Gasteiger partial charge in [-0.05, 0) is 83.5 Å². The number of unbranched alkanes of at least 4 members (excludes halogenated alkanes) is 14. The van der Waals surface area contributed by atoms with E-state index in [-0.39, 0.29) is 32.0 Å². The van der Waals surface area contributed by atoms with E-state index in [9.17, 15) is 19.0 Å².